The van der Waals surface area contributed by atoms with E-state index in [1.54, 1.807) is 0 Å². The van der Waals surface area contributed by atoms with Gasteiger partial charge in [0.2, 0.25) is 0 Å². The average molecular weight is 339 g/mol. The van der Waals surface area contributed by atoms with Gasteiger partial charge in [-0.1, -0.05) is 18.2 Å². The Kier molecular flexibility index (Phi) is 5.38. The van der Waals surface area contributed by atoms with Gasteiger partial charge < -0.3 is 10.1 Å². The minimum atomic E-state index is -0.662. The van der Waals surface area contributed by atoms with Crippen molar-refractivity contribution in [3.8, 4) is 0 Å². The average Bonchev–Trinajstić information content (AvgIpc) is 2.66. The summed E-state index contributed by atoms with van der Waals surface area (Å²) in [6, 6.07) is 6.24. The van der Waals surface area contributed by atoms with Crippen molar-refractivity contribution in [1.82, 2.24) is 15.3 Å². The van der Waals surface area contributed by atoms with Crippen LogP contribution in [-0.4, -0.2) is 28.5 Å². The molecule has 130 valence electrons. The number of rotatable bonds is 5. The van der Waals surface area contributed by atoms with Gasteiger partial charge in [-0.3, -0.25) is 9.78 Å². The number of amides is 1. The Morgan fingerprint density at radius 2 is 2.00 bits per heavy atom. The Bertz CT molecular complexity index is 762. The summed E-state index contributed by atoms with van der Waals surface area (Å²) < 4.78 is 4.96. The molecule has 0 radical (unpaired) electrons. The standard InChI is InChI=1S/C19H21N3O3/c1-13(15-7-6-14-4-2-3-5-16(14)10-15)22-18(23)12-25-19(24)17-11-20-8-9-21-17/h6-11,13H,2-5,12H2,1H3,(H,22,23)/t13-/m0/s1. The van der Waals surface area contributed by atoms with Crippen LogP contribution >= 0.6 is 0 Å². The van der Waals surface area contributed by atoms with Gasteiger partial charge in [0.25, 0.3) is 5.91 Å². The molecule has 1 N–H and O–H groups in total. The molecule has 1 amide bonds. The summed E-state index contributed by atoms with van der Waals surface area (Å²) in [5.74, 6) is -1.01. The number of aromatic nitrogens is 2. The van der Waals surface area contributed by atoms with E-state index in [9.17, 15) is 9.59 Å². The summed E-state index contributed by atoms with van der Waals surface area (Å²) in [5.41, 5.74) is 3.93. The molecule has 3 rings (SSSR count). The van der Waals surface area contributed by atoms with Crippen LogP contribution < -0.4 is 5.32 Å². The van der Waals surface area contributed by atoms with Gasteiger partial charge in [0.05, 0.1) is 12.2 Å². The lowest BCUT2D eigenvalue weighted by Gasteiger charge is -2.20. The zero-order valence-corrected chi connectivity index (χ0v) is 14.2. The summed E-state index contributed by atoms with van der Waals surface area (Å²) in [7, 11) is 0. The fraction of sp³-hybridized carbons (Fsp3) is 0.368. The molecule has 6 nitrogen and oxygen atoms in total. The number of nitrogens with one attached hydrogen (secondary N) is 1. The van der Waals surface area contributed by atoms with E-state index in [0.29, 0.717) is 0 Å². The quantitative estimate of drug-likeness (QED) is 0.846. The molecule has 0 spiro atoms. The number of esters is 1. The van der Waals surface area contributed by atoms with Crippen molar-refractivity contribution in [1.29, 1.82) is 0 Å². The van der Waals surface area contributed by atoms with Crippen molar-refractivity contribution in [2.24, 2.45) is 0 Å². The first-order chi connectivity index (χ1) is 12.1. The minimum Gasteiger partial charge on any atom is -0.451 e. The molecule has 1 aliphatic carbocycles. The first-order valence-corrected chi connectivity index (χ1v) is 8.47. The fourth-order valence-electron chi connectivity index (χ4n) is 3.00. The summed E-state index contributed by atoms with van der Waals surface area (Å²) in [6.45, 7) is 1.58. The second kappa shape index (κ2) is 7.88. The van der Waals surface area contributed by atoms with Crippen LogP contribution in [0.2, 0.25) is 0 Å². The molecular formula is C19H21N3O3. The second-order valence-electron chi connectivity index (χ2n) is 6.19. The molecule has 0 aliphatic heterocycles. The van der Waals surface area contributed by atoms with E-state index >= 15 is 0 Å². The Labute approximate surface area is 146 Å². The van der Waals surface area contributed by atoms with Crippen LogP contribution in [-0.2, 0) is 22.4 Å². The van der Waals surface area contributed by atoms with Gasteiger partial charge in [0.15, 0.2) is 12.3 Å². The summed E-state index contributed by atoms with van der Waals surface area (Å²) in [6.07, 6.45) is 8.86. The topological polar surface area (TPSA) is 81.2 Å². The molecule has 2 aromatic rings. The van der Waals surface area contributed by atoms with Gasteiger partial charge in [0, 0.05) is 12.4 Å². The summed E-state index contributed by atoms with van der Waals surface area (Å²) in [5, 5.41) is 2.86. The van der Waals surface area contributed by atoms with Gasteiger partial charge in [-0.15, -0.1) is 0 Å². The predicted octanol–water partition coefficient (Wildman–Crippen LogP) is 2.39. The molecule has 1 aromatic heterocycles. The van der Waals surface area contributed by atoms with Crippen molar-refractivity contribution in [3.63, 3.8) is 0 Å². The smallest absolute Gasteiger partial charge is 0.359 e. The second-order valence-corrected chi connectivity index (χ2v) is 6.19. The van der Waals surface area contributed by atoms with Crippen LogP contribution in [0.1, 0.15) is 53.0 Å². The van der Waals surface area contributed by atoms with Crippen molar-refractivity contribution in [2.45, 2.75) is 38.6 Å². The zero-order valence-electron chi connectivity index (χ0n) is 14.2. The lowest BCUT2D eigenvalue weighted by Crippen LogP contribution is -2.31. The maximum atomic E-state index is 12.0. The SMILES string of the molecule is C[C@H](NC(=O)COC(=O)c1cnccn1)c1ccc2c(c1)CCCC2. The lowest BCUT2D eigenvalue weighted by atomic mass is 9.89. The van der Waals surface area contributed by atoms with E-state index in [4.69, 9.17) is 4.74 Å². The highest BCUT2D eigenvalue weighted by atomic mass is 16.5. The number of aryl methyl sites for hydroxylation is 2. The van der Waals surface area contributed by atoms with Crippen LogP contribution in [0.3, 0.4) is 0 Å². The van der Waals surface area contributed by atoms with Crippen molar-refractivity contribution in [3.05, 3.63) is 59.2 Å². The third kappa shape index (κ3) is 4.41. The molecule has 0 fully saturated rings. The van der Waals surface area contributed by atoms with Gasteiger partial charge in [-0.25, -0.2) is 9.78 Å². The number of fused-ring (bicyclic) bond motifs is 1. The highest BCUT2D eigenvalue weighted by Crippen LogP contribution is 2.24. The Morgan fingerprint density at radius 3 is 2.76 bits per heavy atom. The first kappa shape index (κ1) is 17.1. The highest BCUT2D eigenvalue weighted by Gasteiger charge is 2.16. The van der Waals surface area contributed by atoms with Crippen LogP contribution in [0.4, 0.5) is 0 Å². The van der Waals surface area contributed by atoms with Crippen molar-refractivity contribution < 1.29 is 14.3 Å². The highest BCUT2D eigenvalue weighted by molar-refractivity contribution is 5.89. The van der Waals surface area contributed by atoms with E-state index in [0.717, 1.165) is 18.4 Å². The number of hydrogen-bond acceptors (Lipinski definition) is 5. The van der Waals surface area contributed by atoms with E-state index in [1.807, 2.05) is 6.92 Å². The van der Waals surface area contributed by atoms with Crippen LogP contribution in [0.5, 0.6) is 0 Å². The van der Waals surface area contributed by atoms with Gasteiger partial charge >= 0.3 is 5.97 Å². The molecule has 0 saturated heterocycles. The lowest BCUT2D eigenvalue weighted by molar-refractivity contribution is -0.124. The molecule has 6 heteroatoms. The monoisotopic (exact) mass is 339 g/mol. The third-order valence-electron chi connectivity index (χ3n) is 4.36. The van der Waals surface area contributed by atoms with Crippen LogP contribution in [0.25, 0.3) is 0 Å². The molecule has 1 aromatic carbocycles. The zero-order chi connectivity index (χ0) is 17.6. The Balaban J connectivity index is 1.53. The van der Waals surface area contributed by atoms with E-state index < -0.39 is 5.97 Å². The largest absolute Gasteiger partial charge is 0.451 e. The van der Waals surface area contributed by atoms with E-state index in [1.165, 1.54) is 42.6 Å². The normalized spacial score (nSPS) is 14.3. The maximum Gasteiger partial charge on any atom is 0.359 e. The molecule has 1 aliphatic rings. The van der Waals surface area contributed by atoms with Gasteiger partial charge in [-0.2, -0.15) is 0 Å². The first-order valence-electron chi connectivity index (χ1n) is 8.47. The van der Waals surface area contributed by atoms with Crippen molar-refractivity contribution in [2.75, 3.05) is 6.61 Å². The molecule has 0 bridgehead atoms. The Morgan fingerprint density at radius 1 is 1.20 bits per heavy atom. The summed E-state index contributed by atoms with van der Waals surface area (Å²) >= 11 is 0. The third-order valence-corrected chi connectivity index (χ3v) is 4.36. The Hall–Kier alpha value is -2.76. The molecular weight excluding hydrogens is 318 g/mol. The van der Waals surface area contributed by atoms with Crippen LogP contribution in [0.15, 0.2) is 36.8 Å². The number of hydrogen-bond donors (Lipinski definition) is 1. The fourth-order valence-corrected chi connectivity index (χ4v) is 3.00. The number of benzene rings is 1. The maximum absolute atomic E-state index is 12.0. The summed E-state index contributed by atoms with van der Waals surface area (Å²) in [4.78, 5) is 31.4. The molecule has 25 heavy (non-hydrogen) atoms. The van der Waals surface area contributed by atoms with E-state index in [2.05, 4.69) is 33.5 Å². The van der Waals surface area contributed by atoms with Crippen LogP contribution in [0, 0.1) is 0 Å². The minimum absolute atomic E-state index is 0.0815. The molecule has 0 saturated carbocycles. The molecule has 1 heterocycles. The van der Waals surface area contributed by atoms with E-state index in [-0.39, 0.29) is 24.2 Å². The van der Waals surface area contributed by atoms with Crippen molar-refractivity contribution >= 4 is 11.9 Å². The number of ether oxygens (including phenoxy) is 1. The van der Waals surface area contributed by atoms with Gasteiger partial charge in [-0.05, 0) is 49.3 Å². The molecule has 0 unspecified atom stereocenters. The molecule has 1 atom stereocenters. The van der Waals surface area contributed by atoms with Gasteiger partial charge in [0.1, 0.15) is 0 Å². The number of nitrogens with zero attached hydrogens (tertiary/aromatic N) is 2. The predicted molar refractivity (Wildman–Crippen MR) is 92.0 cm³/mol. The number of carbonyl (C=O) groups excluding carboxylic acids is 2. The number of carbonyl (C=O) groups is 2.